The Labute approximate surface area is 416 Å². The Morgan fingerprint density at radius 1 is 0.899 bits per heavy atom. The molecule has 69 heavy (non-hydrogen) atoms. The third-order valence-corrected chi connectivity index (χ3v) is 17.9. The number of ether oxygens (including phenoxy) is 5. The minimum absolute atomic E-state index is 0.0179. The lowest BCUT2D eigenvalue weighted by Gasteiger charge is -2.42. The summed E-state index contributed by atoms with van der Waals surface area (Å²) in [7, 11) is 3.36. The molecule has 14 nitrogen and oxygen atoms in total. The fourth-order valence-corrected chi connectivity index (χ4v) is 12.8. The van der Waals surface area contributed by atoms with Gasteiger partial charge >= 0.3 is 13.8 Å². The Kier molecular flexibility index (Phi) is 23.7. The molecule has 3 heterocycles. The van der Waals surface area contributed by atoms with Gasteiger partial charge in [0.1, 0.15) is 36.8 Å². The summed E-state index contributed by atoms with van der Waals surface area (Å²) in [5.74, 6) is -7.83. The number of ketones is 3. The van der Waals surface area contributed by atoms with E-state index in [0.717, 1.165) is 24.8 Å². The maximum Gasteiger partial charge on any atom is 0.346 e. The number of cyclic esters (lactones) is 1. The number of carbonyl (C=O) groups is 5. The monoisotopic (exact) mass is 1000 g/mol. The van der Waals surface area contributed by atoms with Crippen molar-refractivity contribution in [2.24, 2.45) is 35.5 Å². The quantitative estimate of drug-likeness (QED) is 0.0969. The number of piperidine rings is 1. The molecule has 1 saturated carbocycles. The number of rotatable bonds is 9. The average molecular weight is 1010 g/mol. The molecule has 2 bridgehead atoms. The molecule has 4 aliphatic rings. The highest BCUT2D eigenvalue weighted by molar-refractivity contribution is 8.04. The first-order chi connectivity index (χ1) is 32.6. The van der Waals surface area contributed by atoms with Gasteiger partial charge in [-0.15, -0.1) is 11.8 Å². The van der Waals surface area contributed by atoms with Gasteiger partial charge in [0, 0.05) is 63.7 Å². The second-order valence-corrected chi connectivity index (χ2v) is 23.7. The van der Waals surface area contributed by atoms with Crippen LogP contribution >= 0.6 is 19.6 Å². The molecule has 388 valence electrons. The number of aliphatic hydroxyl groups excluding tert-OH is 1. The van der Waals surface area contributed by atoms with E-state index in [2.05, 4.69) is 0 Å². The van der Waals surface area contributed by atoms with Crippen molar-refractivity contribution in [3.63, 3.8) is 0 Å². The minimum atomic E-state index is -2.43. The van der Waals surface area contributed by atoms with E-state index in [1.807, 2.05) is 58.1 Å². The van der Waals surface area contributed by atoms with Crippen LogP contribution in [0.5, 0.6) is 0 Å². The fourth-order valence-electron chi connectivity index (χ4n) is 10.5. The number of thioether (sulfide) groups is 1. The molecule has 3 aliphatic heterocycles. The first-order valence-corrected chi connectivity index (χ1v) is 28.1. The molecule has 2 saturated heterocycles. The summed E-state index contributed by atoms with van der Waals surface area (Å²) < 4.78 is 41.8. The van der Waals surface area contributed by atoms with Crippen LogP contribution in [0.1, 0.15) is 126 Å². The molecule has 0 aromatic rings. The molecular formula is C53H83NO13PS+. The van der Waals surface area contributed by atoms with Crippen LogP contribution in [0.2, 0.25) is 0 Å². The van der Waals surface area contributed by atoms with Crippen LogP contribution in [0.4, 0.5) is 0 Å². The van der Waals surface area contributed by atoms with E-state index in [1.165, 1.54) is 12.0 Å². The SMILES string of the molecule is CO[C@H]1C[C@@H]2CC[C@@H](C)[C@@](O)(O2)C(=O)C(=O)N2CCCC[C@H]2C(=O)OC([C@H](C)C[C@@H]2CCC(SC[P+](C)=O)[C@H](OC)C2)CC(=O)[C@H](C)/C=C(\C)[C@@H](O)[C@@H](OC)C(=O)[C@H](C)C[C@H](C)/C=C/C=C/C=C/1C. The number of nitrogens with zero attached hydrogens (tertiary/aromatic N) is 1. The van der Waals surface area contributed by atoms with Crippen molar-refractivity contribution in [3.05, 3.63) is 47.6 Å². The minimum Gasteiger partial charge on any atom is -0.460 e. The number of carbonyl (C=O) groups excluding carboxylic acids is 5. The van der Waals surface area contributed by atoms with Gasteiger partial charge in [0.25, 0.3) is 11.7 Å². The van der Waals surface area contributed by atoms with E-state index in [4.69, 9.17) is 23.7 Å². The number of esters is 1. The molecule has 1 aliphatic carbocycles. The second-order valence-electron chi connectivity index (χ2n) is 20.5. The number of Topliss-reactive ketones (excluding diaryl/α,β-unsaturated/α-hetero) is 3. The molecule has 0 aromatic heterocycles. The Hall–Kier alpha value is -2.88. The van der Waals surface area contributed by atoms with Gasteiger partial charge in [-0.1, -0.05) is 75.6 Å². The van der Waals surface area contributed by atoms with Crippen molar-refractivity contribution >= 4 is 48.8 Å². The first kappa shape index (κ1) is 58.7. The number of methoxy groups -OCH3 is 3. The number of allylic oxidation sites excluding steroid dienone is 6. The smallest absolute Gasteiger partial charge is 0.346 e. The topological polar surface area (TPSA) is 192 Å². The van der Waals surface area contributed by atoms with Crippen LogP contribution in [0.25, 0.3) is 0 Å². The highest BCUT2D eigenvalue weighted by Gasteiger charge is 2.53. The zero-order valence-electron chi connectivity index (χ0n) is 43.1. The number of hydrogen-bond acceptors (Lipinski definition) is 14. The van der Waals surface area contributed by atoms with Crippen LogP contribution in [-0.4, -0.2) is 138 Å². The summed E-state index contributed by atoms with van der Waals surface area (Å²) in [6.45, 7) is 14.6. The molecule has 3 unspecified atom stereocenters. The Balaban J connectivity index is 1.70. The molecule has 4 rings (SSSR count). The third kappa shape index (κ3) is 16.3. The highest BCUT2D eigenvalue weighted by Crippen LogP contribution is 2.41. The van der Waals surface area contributed by atoms with Crippen molar-refractivity contribution < 1.29 is 62.4 Å². The van der Waals surface area contributed by atoms with Crippen LogP contribution in [0, 0.1) is 35.5 Å². The molecule has 2 N–H and O–H groups in total. The Bertz CT molecular complexity index is 1900. The lowest BCUT2D eigenvalue weighted by Crippen LogP contribution is -2.61. The van der Waals surface area contributed by atoms with Crippen LogP contribution in [0.3, 0.4) is 0 Å². The lowest BCUT2D eigenvalue weighted by molar-refractivity contribution is -0.265. The predicted molar refractivity (Wildman–Crippen MR) is 269 cm³/mol. The molecule has 3 fully saturated rings. The Morgan fingerprint density at radius 3 is 2.29 bits per heavy atom. The van der Waals surface area contributed by atoms with Crippen molar-refractivity contribution in [1.29, 1.82) is 0 Å². The van der Waals surface area contributed by atoms with Gasteiger partial charge in [-0.2, -0.15) is 0 Å². The number of fused-ring (bicyclic) bond motifs is 3. The molecular weight excluding hydrogens is 922 g/mol. The standard InChI is InChI=1S/C53H83NO13PS/c1-32-17-13-12-14-18-33(2)43(63-8)29-40-22-20-38(7)53(61,67-40)50(58)51(59)54-24-16-15-19-41(54)52(60)66-44(35(4)27-39-21-23-46(45(28-39)64-9)69-31-68(11)62)30-42(55)34(3)26-37(6)48(57)49(65-10)47(56)36(5)25-32/h12-14,17-18,26,32,34-36,38-41,43-46,48-49,57,61H,15-16,19-25,27-31H2,1-11H3/q+1/b14-12+,17-13+,33-18+,37-26+/t32-,34-,35-,36-,38-,39+,40+,41+,43+,44?,45-,46?,48-,49+,53-/m1/s1. The summed E-state index contributed by atoms with van der Waals surface area (Å²) in [4.78, 5) is 72.3. The molecule has 16 atom stereocenters. The average Bonchev–Trinajstić information content (AvgIpc) is 3.32. The van der Waals surface area contributed by atoms with Gasteiger partial charge in [-0.25, -0.2) is 4.79 Å². The summed E-state index contributed by atoms with van der Waals surface area (Å²) in [6.07, 6.45) is 12.8. The molecule has 16 heteroatoms. The molecule has 0 spiro atoms. The summed E-state index contributed by atoms with van der Waals surface area (Å²) in [5.41, 5.74) is 1.83. The van der Waals surface area contributed by atoms with Crippen LogP contribution < -0.4 is 0 Å². The van der Waals surface area contributed by atoms with Gasteiger partial charge in [0.15, 0.2) is 11.3 Å². The van der Waals surface area contributed by atoms with E-state index in [-0.39, 0.29) is 60.1 Å². The van der Waals surface area contributed by atoms with E-state index in [9.17, 15) is 38.8 Å². The van der Waals surface area contributed by atoms with Crippen molar-refractivity contribution in [2.45, 2.75) is 179 Å². The maximum absolute atomic E-state index is 14.5. The van der Waals surface area contributed by atoms with Gasteiger partial charge < -0.3 is 38.8 Å². The number of hydrogen-bond donors (Lipinski definition) is 2. The van der Waals surface area contributed by atoms with Crippen LogP contribution in [0.15, 0.2) is 47.6 Å². The first-order valence-electron chi connectivity index (χ1n) is 25.1. The maximum atomic E-state index is 14.5. The zero-order valence-corrected chi connectivity index (χ0v) is 44.8. The summed E-state index contributed by atoms with van der Waals surface area (Å²) >= 11 is 1.67. The van der Waals surface area contributed by atoms with E-state index >= 15 is 0 Å². The van der Waals surface area contributed by atoms with Gasteiger partial charge in [-0.3, -0.25) is 19.2 Å². The summed E-state index contributed by atoms with van der Waals surface area (Å²) in [6, 6.07) is -1.14. The third-order valence-electron chi connectivity index (χ3n) is 14.9. The number of amides is 1. The van der Waals surface area contributed by atoms with E-state index < -0.39 is 85.6 Å². The molecule has 0 aromatic carbocycles. The highest BCUT2D eigenvalue weighted by atomic mass is 32.2. The Morgan fingerprint density at radius 2 is 1.62 bits per heavy atom. The van der Waals surface area contributed by atoms with Crippen molar-refractivity contribution in [3.8, 4) is 0 Å². The zero-order chi connectivity index (χ0) is 51.2. The lowest BCUT2D eigenvalue weighted by atomic mass is 9.79. The normalized spacial score (nSPS) is 39.0. The van der Waals surface area contributed by atoms with Crippen molar-refractivity contribution in [1.82, 2.24) is 4.90 Å². The molecule has 0 radical (unpaired) electrons. The second kappa shape index (κ2) is 27.8. The van der Waals surface area contributed by atoms with Crippen LogP contribution in [-0.2, 0) is 52.2 Å². The van der Waals surface area contributed by atoms with Gasteiger partial charge in [0.05, 0.1) is 18.3 Å². The van der Waals surface area contributed by atoms with Gasteiger partial charge in [0.2, 0.25) is 5.79 Å². The molecule has 1 amide bonds. The van der Waals surface area contributed by atoms with E-state index in [0.29, 0.717) is 56.0 Å². The fraction of sp³-hybridized carbons (Fsp3) is 0.755. The number of aliphatic hydroxyl groups is 2. The van der Waals surface area contributed by atoms with E-state index in [1.54, 1.807) is 59.5 Å². The largest absolute Gasteiger partial charge is 0.460 e. The summed E-state index contributed by atoms with van der Waals surface area (Å²) in [5, 5.41) is 23.7. The van der Waals surface area contributed by atoms with Gasteiger partial charge in [-0.05, 0) is 107 Å². The van der Waals surface area contributed by atoms with Crippen molar-refractivity contribution in [2.75, 3.05) is 40.0 Å². The predicted octanol–water partition coefficient (Wildman–Crippen LogP) is 8.34.